The van der Waals surface area contributed by atoms with E-state index in [-0.39, 0.29) is 41.6 Å². The van der Waals surface area contributed by atoms with Crippen LogP contribution in [-0.2, 0) is 36.9 Å². The molecule has 10 nitrogen and oxygen atoms in total. The van der Waals surface area contributed by atoms with Crippen molar-refractivity contribution >= 4 is 52.9 Å². The normalized spacial score (nSPS) is 19.4. The topological polar surface area (TPSA) is 136 Å². The summed E-state index contributed by atoms with van der Waals surface area (Å²) in [6, 6.07) is 8.34. The Bertz CT molecular complexity index is 1150. The highest BCUT2D eigenvalue weighted by molar-refractivity contribution is 8.00. The maximum absolute atomic E-state index is 12.8. The number of nitro benzene ring substituents is 1. The van der Waals surface area contributed by atoms with E-state index in [0.29, 0.717) is 11.8 Å². The van der Waals surface area contributed by atoms with Crippen LogP contribution in [0, 0.1) is 10.1 Å². The zero-order valence-corrected chi connectivity index (χ0v) is 18.6. The van der Waals surface area contributed by atoms with Gasteiger partial charge in [-0.05, 0) is 29.1 Å². The predicted molar refractivity (Wildman–Crippen MR) is 119 cm³/mol. The van der Waals surface area contributed by atoms with E-state index >= 15 is 0 Å². The number of benzene rings is 1. The molecule has 0 bridgehead atoms. The van der Waals surface area contributed by atoms with Crippen molar-refractivity contribution in [3.05, 3.63) is 73.6 Å². The Labute approximate surface area is 195 Å². The van der Waals surface area contributed by atoms with Crippen LogP contribution in [0.4, 0.5) is 5.69 Å². The first-order valence-corrected chi connectivity index (χ1v) is 11.7. The summed E-state index contributed by atoms with van der Waals surface area (Å²) >= 11 is 2.72. The minimum atomic E-state index is -0.850. The SMILES string of the molecule is O=CC1=C(C(=O)OCc2ccc([N+](=O)[O-])cc2)N2C(=O)[C@@H](NC(=O)Cc3cccs3)[C@H]2SC1. The third kappa shape index (κ3) is 4.66. The van der Waals surface area contributed by atoms with Crippen molar-refractivity contribution < 1.29 is 28.8 Å². The zero-order valence-electron chi connectivity index (χ0n) is 17.0. The number of hydrogen-bond acceptors (Lipinski definition) is 9. The Morgan fingerprint density at radius 1 is 1.27 bits per heavy atom. The molecule has 2 amide bonds. The lowest BCUT2D eigenvalue weighted by atomic mass is 10.0. The molecule has 1 fully saturated rings. The number of nitro groups is 1. The molecule has 12 heteroatoms. The molecule has 1 N–H and O–H groups in total. The zero-order chi connectivity index (χ0) is 23.5. The molecule has 170 valence electrons. The van der Waals surface area contributed by atoms with Crippen LogP contribution in [0.3, 0.4) is 0 Å². The van der Waals surface area contributed by atoms with E-state index in [4.69, 9.17) is 4.74 Å². The van der Waals surface area contributed by atoms with Crippen molar-refractivity contribution in [2.75, 3.05) is 5.75 Å². The molecule has 2 aromatic rings. The maximum atomic E-state index is 12.8. The number of carbonyl (C=O) groups excluding carboxylic acids is 4. The summed E-state index contributed by atoms with van der Waals surface area (Å²) in [5.41, 5.74) is 0.408. The number of β-lactam (4-membered cyclic amide) rings is 1. The smallest absolute Gasteiger partial charge is 0.355 e. The number of nitrogens with zero attached hydrogens (tertiary/aromatic N) is 2. The van der Waals surface area contributed by atoms with E-state index in [1.165, 1.54) is 52.3 Å². The second kappa shape index (κ2) is 9.55. The second-order valence-electron chi connectivity index (χ2n) is 7.20. The Kier molecular flexibility index (Phi) is 6.56. The van der Waals surface area contributed by atoms with Crippen molar-refractivity contribution in [1.82, 2.24) is 10.2 Å². The lowest BCUT2D eigenvalue weighted by Gasteiger charge is -2.49. The van der Waals surface area contributed by atoms with E-state index in [1.54, 1.807) is 0 Å². The highest BCUT2D eigenvalue weighted by Crippen LogP contribution is 2.40. The summed E-state index contributed by atoms with van der Waals surface area (Å²) in [6.07, 6.45) is 0.667. The molecule has 0 aliphatic carbocycles. The van der Waals surface area contributed by atoms with Crippen molar-refractivity contribution in [2.45, 2.75) is 24.4 Å². The van der Waals surface area contributed by atoms with Crippen LogP contribution in [-0.4, -0.2) is 51.1 Å². The number of thioether (sulfide) groups is 1. The minimum Gasteiger partial charge on any atom is -0.456 e. The van der Waals surface area contributed by atoms with Crippen molar-refractivity contribution in [2.24, 2.45) is 0 Å². The number of carbonyl (C=O) groups is 4. The number of hydrogen-bond donors (Lipinski definition) is 1. The van der Waals surface area contributed by atoms with Gasteiger partial charge in [0.1, 0.15) is 30.0 Å². The summed E-state index contributed by atoms with van der Waals surface area (Å²) < 4.78 is 5.27. The third-order valence-electron chi connectivity index (χ3n) is 5.08. The monoisotopic (exact) mass is 487 g/mol. The third-order valence-corrected chi connectivity index (χ3v) is 7.26. The standard InChI is InChI=1S/C21H17N3O7S2/c25-9-13-11-33-20-17(22-16(26)8-15-2-1-7-32-15)19(27)23(20)18(13)21(28)31-10-12-3-5-14(6-4-12)24(29)30/h1-7,9,17,20H,8,10-11H2,(H,22,26)/t17-,20-/m1/s1. The van der Waals surface area contributed by atoms with Crippen LogP contribution in [0.2, 0.25) is 0 Å². The summed E-state index contributed by atoms with van der Waals surface area (Å²) in [4.78, 5) is 61.6. The molecule has 3 heterocycles. The molecule has 33 heavy (non-hydrogen) atoms. The van der Waals surface area contributed by atoms with Gasteiger partial charge in [0.25, 0.3) is 11.6 Å². The highest BCUT2D eigenvalue weighted by Gasteiger charge is 2.54. The fourth-order valence-electron chi connectivity index (χ4n) is 3.45. The molecule has 4 rings (SSSR count). The van der Waals surface area contributed by atoms with Crippen molar-refractivity contribution in [3.63, 3.8) is 0 Å². The number of amides is 2. The van der Waals surface area contributed by atoms with Crippen molar-refractivity contribution in [1.29, 1.82) is 0 Å². The Hall–Kier alpha value is -3.51. The number of rotatable bonds is 8. The molecule has 2 aliphatic rings. The molecule has 2 aliphatic heterocycles. The van der Waals surface area contributed by atoms with Crippen molar-refractivity contribution in [3.8, 4) is 0 Å². The maximum Gasteiger partial charge on any atom is 0.355 e. The van der Waals surface area contributed by atoms with Gasteiger partial charge in [-0.1, -0.05) is 6.07 Å². The van der Waals surface area contributed by atoms with E-state index in [1.807, 2.05) is 17.5 Å². The number of thiophene rings is 1. The largest absolute Gasteiger partial charge is 0.456 e. The quantitative estimate of drug-likeness (QED) is 0.196. The summed E-state index contributed by atoms with van der Waals surface area (Å²) in [6.45, 7) is -0.187. The number of ether oxygens (including phenoxy) is 1. The van der Waals surface area contributed by atoms with E-state index < -0.39 is 28.2 Å². The Balaban J connectivity index is 1.41. The number of nitrogens with one attached hydrogen (secondary N) is 1. The van der Waals surface area contributed by atoms with Gasteiger partial charge in [-0.15, -0.1) is 23.1 Å². The van der Waals surface area contributed by atoms with E-state index in [2.05, 4.69) is 5.32 Å². The summed E-state index contributed by atoms with van der Waals surface area (Å²) in [7, 11) is 0. The van der Waals surface area contributed by atoms with Gasteiger partial charge >= 0.3 is 5.97 Å². The fourth-order valence-corrected chi connectivity index (χ4v) is 5.44. The van der Waals surface area contributed by atoms with Gasteiger partial charge in [0.15, 0.2) is 0 Å². The first kappa shape index (κ1) is 22.7. The van der Waals surface area contributed by atoms with Crippen LogP contribution in [0.5, 0.6) is 0 Å². The van der Waals surface area contributed by atoms with E-state index in [0.717, 1.165) is 4.88 Å². The predicted octanol–water partition coefficient (Wildman–Crippen LogP) is 1.80. The Morgan fingerprint density at radius 3 is 2.67 bits per heavy atom. The molecule has 2 atom stereocenters. The lowest BCUT2D eigenvalue weighted by molar-refractivity contribution is -0.384. The molecular weight excluding hydrogens is 470 g/mol. The van der Waals surface area contributed by atoms with Gasteiger partial charge < -0.3 is 10.1 Å². The lowest BCUT2D eigenvalue weighted by Crippen LogP contribution is -2.70. The first-order valence-electron chi connectivity index (χ1n) is 9.74. The van der Waals surface area contributed by atoms with Crippen LogP contribution >= 0.6 is 23.1 Å². The highest BCUT2D eigenvalue weighted by atomic mass is 32.2. The van der Waals surface area contributed by atoms with Crippen LogP contribution in [0.25, 0.3) is 0 Å². The van der Waals surface area contributed by atoms with Crippen LogP contribution in [0.1, 0.15) is 10.4 Å². The Morgan fingerprint density at radius 2 is 2.03 bits per heavy atom. The number of fused-ring (bicyclic) bond motifs is 1. The van der Waals surface area contributed by atoms with Gasteiger partial charge in [0.2, 0.25) is 5.91 Å². The molecule has 1 aromatic heterocycles. The number of aldehydes is 1. The van der Waals surface area contributed by atoms with Gasteiger partial charge in [0.05, 0.1) is 11.3 Å². The molecule has 0 spiro atoms. The fraction of sp³-hybridized carbons (Fsp3) is 0.238. The molecule has 0 saturated carbocycles. The number of esters is 1. The minimum absolute atomic E-state index is 0.0958. The molecular formula is C21H17N3O7S2. The summed E-state index contributed by atoms with van der Waals surface area (Å²) in [5.74, 6) is -1.45. The molecule has 1 aromatic carbocycles. The molecule has 0 radical (unpaired) electrons. The van der Waals surface area contributed by atoms with Crippen LogP contribution in [0.15, 0.2) is 53.0 Å². The van der Waals surface area contributed by atoms with Gasteiger partial charge in [-0.3, -0.25) is 29.4 Å². The second-order valence-corrected chi connectivity index (χ2v) is 9.34. The van der Waals surface area contributed by atoms with Crippen LogP contribution < -0.4 is 5.32 Å². The average molecular weight is 488 g/mol. The number of non-ortho nitro benzene ring substituents is 1. The molecule has 0 unspecified atom stereocenters. The summed E-state index contributed by atoms with van der Waals surface area (Å²) in [5, 5.41) is 14.8. The van der Waals surface area contributed by atoms with Gasteiger partial charge in [-0.25, -0.2) is 4.79 Å². The first-order chi connectivity index (χ1) is 15.9. The molecule has 1 saturated heterocycles. The van der Waals surface area contributed by atoms with Gasteiger partial charge in [-0.2, -0.15) is 0 Å². The average Bonchev–Trinajstić information content (AvgIpc) is 3.33. The van der Waals surface area contributed by atoms with Gasteiger partial charge in [0, 0.05) is 28.3 Å². The van der Waals surface area contributed by atoms with E-state index in [9.17, 15) is 29.3 Å².